The van der Waals surface area contributed by atoms with Crippen LogP contribution in [0.4, 0.5) is 0 Å². The summed E-state index contributed by atoms with van der Waals surface area (Å²) in [6, 6.07) is 0. The van der Waals surface area contributed by atoms with Gasteiger partial charge in [0.25, 0.3) is 0 Å². The summed E-state index contributed by atoms with van der Waals surface area (Å²) in [7, 11) is 0. The molecule has 1 rings (SSSR count). The van der Waals surface area contributed by atoms with Crippen molar-refractivity contribution in [3.8, 4) is 0 Å². The normalized spacial score (nSPS) is 9.00. The quantitative estimate of drug-likeness (QED) is 0.649. The molecule has 84 valence electrons. The van der Waals surface area contributed by atoms with Crippen molar-refractivity contribution in [3.05, 3.63) is 18.2 Å². The Morgan fingerprint density at radius 1 is 1.50 bits per heavy atom. The zero-order valence-electron chi connectivity index (χ0n) is 8.48. The number of imidazole rings is 1. The van der Waals surface area contributed by atoms with E-state index in [0.29, 0.717) is 0 Å². The number of hydrogen-bond acceptors (Lipinski definition) is 2. The molecule has 0 fully saturated rings. The van der Waals surface area contributed by atoms with Crippen molar-refractivity contribution in [2.75, 3.05) is 6.26 Å². The van der Waals surface area contributed by atoms with Crippen LogP contribution < -0.4 is 12.4 Å². The van der Waals surface area contributed by atoms with Crippen LogP contribution in [0.3, 0.4) is 0 Å². The molecule has 0 N–H and O–H groups in total. The van der Waals surface area contributed by atoms with Crippen LogP contribution in [0, 0.1) is 0 Å². The van der Waals surface area contributed by atoms with Gasteiger partial charge in [0, 0.05) is 18.9 Å². The van der Waals surface area contributed by atoms with E-state index in [0.717, 1.165) is 12.3 Å². The van der Waals surface area contributed by atoms with Gasteiger partial charge in [-0.25, -0.2) is 4.98 Å². The summed E-state index contributed by atoms with van der Waals surface area (Å²) < 4.78 is 2.25. The van der Waals surface area contributed by atoms with Crippen LogP contribution in [-0.2, 0) is 33.4 Å². The number of unbranched alkanes of at least 4 members (excludes halogenated alkanes) is 1. The van der Waals surface area contributed by atoms with Gasteiger partial charge in [0.15, 0.2) is 0 Å². The fourth-order valence-corrected chi connectivity index (χ4v) is 1.64. The van der Waals surface area contributed by atoms with Crippen LogP contribution in [0.5, 0.6) is 0 Å². The van der Waals surface area contributed by atoms with Gasteiger partial charge in [0.05, 0.1) is 5.75 Å². The molecule has 0 spiro atoms. The molecule has 14 heavy (non-hydrogen) atoms. The van der Waals surface area contributed by atoms with Crippen LogP contribution in [0.2, 0.25) is 0 Å². The van der Waals surface area contributed by atoms with Crippen molar-refractivity contribution >= 4 is 11.8 Å². The molecule has 1 heterocycles. The molecular weight excluding hydrogens is 399 g/mol. The monoisotopic (exact) mass is 414 g/mol. The molecule has 1 aromatic rings. The maximum atomic E-state index is 4.30. The maximum Gasteiger partial charge on any atom is 2.00 e. The fraction of sp³-hybridized carbons (Fsp3) is 0.667. The van der Waals surface area contributed by atoms with Gasteiger partial charge in [-0.2, -0.15) is 11.8 Å². The smallest absolute Gasteiger partial charge is 1.00 e. The van der Waals surface area contributed by atoms with Crippen molar-refractivity contribution < 1.29 is 33.5 Å². The molecule has 1 aromatic heterocycles. The topological polar surface area (TPSA) is 17.8 Å². The largest absolute Gasteiger partial charge is 2.00 e. The summed E-state index contributed by atoms with van der Waals surface area (Å²) >= 11 is 1.82. The van der Waals surface area contributed by atoms with E-state index in [1.54, 1.807) is 0 Å². The molecule has 0 unspecified atom stereocenters. The SMILES string of the molecule is CCCCn1ccnc1CSC.[Cl-].[Pt+2]. The van der Waals surface area contributed by atoms with Gasteiger partial charge in [-0.15, -0.1) is 0 Å². The van der Waals surface area contributed by atoms with E-state index in [-0.39, 0.29) is 33.5 Å². The molecule has 0 aliphatic heterocycles. The molecule has 0 aliphatic carbocycles. The van der Waals surface area contributed by atoms with Gasteiger partial charge in [0.1, 0.15) is 5.82 Å². The number of aromatic nitrogens is 2. The summed E-state index contributed by atoms with van der Waals surface area (Å²) in [5, 5.41) is 0. The zero-order chi connectivity index (χ0) is 8.81. The molecule has 0 amide bonds. The maximum absolute atomic E-state index is 4.30. The summed E-state index contributed by atoms with van der Waals surface area (Å²) in [4.78, 5) is 4.30. The Morgan fingerprint density at radius 2 is 2.21 bits per heavy atom. The van der Waals surface area contributed by atoms with E-state index in [2.05, 4.69) is 28.9 Å². The molecule has 0 saturated heterocycles. The number of nitrogens with zero attached hydrogens (tertiary/aromatic N) is 2. The second-order valence-corrected chi connectivity index (χ2v) is 3.69. The average molecular weight is 415 g/mol. The summed E-state index contributed by atoms with van der Waals surface area (Å²) in [6.45, 7) is 3.33. The number of hydrogen-bond donors (Lipinski definition) is 0. The van der Waals surface area contributed by atoms with Gasteiger partial charge >= 0.3 is 21.1 Å². The van der Waals surface area contributed by atoms with Gasteiger partial charge in [-0.1, -0.05) is 13.3 Å². The average Bonchev–Trinajstić information content (AvgIpc) is 2.50. The first-order valence-corrected chi connectivity index (χ1v) is 5.76. The number of aryl methyl sites for hydroxylation is 1. The third-order valence-corrected chi connectivity index (χ3v) is 2.37. The molecule has 0 saturated carbocycles. The molecule has 0 atom stereocenters. The summed E-state index contributed by atoms with van der Waals surface area (Å²) in [5.41, 5.74) is 0. The zero-order valence-corrected chi connectivity index (χ0v) is 12.3. The van der Waals surface area contributed by atoms with E-state index >= 15 is 0 Å². The van der Waals surface area contributed by atoms with E-state index in [1.807, 2.05) is 18.0 Å². The van der Waals surface area contributed by atoms with Crippen LogP contribution >= 0.6 is 11.8 Å². The Morgan fingerprint density at radius 3 is 2.79 bits per heavy atom. The van der Waals surface area contributed by atoms with Gasteiger partial charge in [0.2, 0.25) is 0 Å². The Hall–Kier alpha value is 0.538. The minimum atomic E-state index is 0. The van der Waals surface area contributed by atoms with E-state index in [1.165, 1.54) is 18.7 Å². The first-order chi connectivity index (χ1) is 5.88. The minimum absolute atomic E-state index is 0. The van der Waals surface area contributed by atoms with Crippen LogP contribution in [0.25, 0.3) is 0 Å². The Kier molecular flexibility index (Phi) is 12.2. The van der Waals surface area contributed by atoms with Gasteiger partial charge in [-0.3, -0.25) is 0 Å². The summed E-state index contributed by atoms with van der Waals surface area (Å²) in [5.74, 6) is 2.23. The number of halogens is 1. The predicted octanol–water partition coefficient (Wildman–Crippen LogP) is -0.452. The third kappa shape index (κ3) is 5.43. The summed E-state index contributed by atoms with van der Waals surface area (Å²) in [6.07, 6.45) is 8.57. The molecule has 5 heteroatoms. The van der Waals surface area contributed by atoms with E-state index in [4.69, 9.17) is 0 Å². The van der Waals surface area contributed by atoms with Crippen molar-refractivity contribution in [1.29, 1.82) is 0 Å². The molecule has 0 aliphatic rings. The Bertz CT molecular complexity index is 230. The van der Waals surface area contributed by atoms with Crippen LogP contribution in [0.1, 0.15) is 25.6 Å². The number of rotatable bonds is 5. The van der Waals surface area contributed by atoms with Gasteiger partial charge < -0.3 is 17.0 Å². The Balaban J connectivity index is 0. The molecule has 0 radical (unpaired) electrons. The van der Waals surface area contributed by atoms with Crippen molar-refractivity contribution in [3.63, 3.8) is 0 Å². The van der Waals surface area contributed by atoms with Crippen molar-refractivity contribution in [2.45, 2.75) is 32.1 Å². The second kappa shape index (κ2) is 10.1. The molecular formula is C9H16ClN2PtS+. The van der Waals surface area contributed by atoms with Crippen molar-refractivity contribution in [2.24, 2.45) is 0 Å². The third-order valence-electron chi connectivity index (χ3n) is 1.83. The standard InChI is InChI=1S/C9H16N2S.ClH.Pt/c1-3-4-6-11-7-5-10-9(11)8-12-2;;/h5,7H,3-4,6,8H2,1-2H3;1H;/q;;+2/p-1. The first kappa shape index (κ1) is 16.9. The first-order valence-electron chi connectivity index (χ1n) is 4.37. The fourth-order valence-electron chi connectivity index (χ4n) is 1.14. The second-order valence-electron chi connectivity index (χ2n) is 2.82. The van der Waals surface area contributed by atoms with E-state index in [9.17, 15) is 0 Å². The van der Waals surface area contributed by atoms with Crippen molar-refractivity contribution in [1.82, 2.24) is 9.55 Å². The number of thioether (sulfide) groups is 1. The molecule has 0 bridgehead atoms. The van der Waals surface area contributed by atoms with Crippen LogP contribution in [-0.4, -0.2) is 15.8 Å². The molecule has 0 aromatic carbocycles. The van der Waals surface area contributed by atoms with Crippen LogP contribution in [0.15, 0.2) is 12.4 Å². The molecule has 2 nitrogen and oxygen atoms in total. The van der Waals surface area contributed by atoms with Gasteiger partial charge in [-0.05, 0) is 12.7 Å². The predicted molar refractivity (Wildman–Crippen MR) is 54.4 cm³/mol. The Labute approximate surface area is 111 Å². The van der Waals surface area contributed by atoms with E-state index < -0.39 is 0 Å². The minimum Gasteiger partial charge on any atom is -1.00 e.